The van der Waals surface area contributed by atoms with Crippen LogP contribution >= 0.6 is 0 Å². The van der Waals surface area contributed by atoms with E-state index in [4.69, 9.17) is 14.5 Å². The van der Waals surface area contributed by atoms with E-state index in [-0.39, 0.29) is 11.9 Å². The molecule has 1 aromatic heterocycles. The summed E-state index contributed by atoms with van der Waals surface area (Å²) >= 11 is 0. The minimum atomic E-state index is -0.0192. The first-order chi connectivity index (χ1) is 16.7. The molecule has 182 valence electrons. The Morgan fingerprint density at radius 2 is 1.54 bits per heavy atom. The second-order valence-corrected chi connectivity index (χ2v) is 9.22. The van der Waals surface area contributed by atoms with E-state index in [1.54, 1.807) is 14.2 Å². The van der Waals surface area contributed by atoms with Crippen molar-refractivity contribution in [2.45, 2.75) is 47.2 Å². The number of carbonyl (C=O) groups excluding carboxylic acids is 1. The second kappa shape index (κ2) is 9.82. The molecular weight excluding hydrogens is 438 g/mol. The van der Waals surface area contributed by atoms with Crippen molar-refractivity contribution < 1.29 is 14.3 Å². The van der Waals surface area contributed by atoms with Gasteiger partial charge in [0.1, 0.15) is 17.3 Å². The van der Waals surface area contributed by atoms with Gasteiger partial charge in [-0.3, -0.25) is 9.36 Å². The molecule has 0 N–H and O–H groups in total. The second-order valence-electron chi connectivity index (χ2n) is 9.22. The number of benzene rings is 3. The third-order valence-corrected chi connectivity index (χ3v) is 6.36. The van der Waals surface area contributed by atoms with Crippen LogP contribution in [0.15, 0.2) is 54.6 Å². The van der Waals surface area contributed by atoms with Gasteiger partial charge in [0.05, 0.1) is 31.8 Å². The highest BCUT2D eigenvalue weighted by Crippen LogP contribution is 2.28. The quantitative estimate of drug-likeness (QED) is 0.331. The summed E-state index contributed by atoms with van der Waals surface area (Å²) in [7, 11) is 3.30. The van der Waals surface area contributed by atoms with E-state index < -0.39 is 0 Å². The summed E-state index contributed by atoms with van der Waals surface area (Å²) in [6.07, 6.45) is 0. The topological polar surface area (TPSA) is 56.6 Å². The van der Waals surface area contributed by atoms with Gasteiger partial charge in [-0.15, -0.1) is 0 Å². The Labute approximate surface area is 207 Å². The Morgan fingerprint density at radius 1 is 0.914 bits per heavy atom. The predicted molar refractivity (Wildman–Crippen MR) is 140 cm³/mol. The summed E-state index contributed by atoms with van der Waals surface area (Å²) in [5, 5.41) is 0. The van der Waals surface area contributed by atoms with E-state index in [1.165, 1.54) is 0 Å². The van der Waals surface area contributed by atoms with Gasteiger partial charge in [0.2, 0.25) is 0 Å². The van der Waals surface area contributed by atoms with Gasteiger partial charge < -0.3 is 14.4 Å². The molecule has 1 amide bonds. The molecule has 0 atom stereocenters. The van der Waals surface area contributed by atoms with Crippen molar-refractivity contribution in [1.29, 1.82) is 0 Å². The average Bonchev–Trinajstić information content (AvgIpc) is 3.18. The predicted octanol–water partition coefficient (Wildman–Crippen LogP) is 6.02. The van der Waals surface area contributed by atoms with Crippen LogP contribution in [0.2, 0.25) is 0 Å². The number of ether oxygens (including phenoxy) is 2. The van der Waals surface area contributed by atoms with Gasteiger partial charge in [-0.25, -0.2) is 4.98 Å². The zero-order valence-corrected chi connectivity index (χ0v) is 21.5. The first kappa shape index (κ1) is 24.3. The number of amides is 1. The van der Waals surface area contributed by atoms with Crippen LogP contribution in [0.1, 0.15) is 46.7 Å². The van der Waals surface area contributed by atoms with Crippen molar-refractivity contribution in [3.05, 3.63) is 82.7 Å². The normalized spacial score (nSPS) is 11.2. The van der Waals surface area contributed by atoms with E-state index in [9.17, 15) is 4.79 Å². The van der Waals surface area contributed by atoms with Crippen LogP contribution in [0.25, 0.3) is 16.7 Å². The van der Waals surface area contributed by atoms with Crippen LogP contribution in [0, 0.1) is 20.8 Å². The fourth-order valence-corrected chi connectivity index (χ4v) is 4.53. The van der Waals surface area contributed by atoms with Crippen molar-refractivity contribution in [2.24, 2.45) is 0 Å². The zero-order chi connectivity index (χ0) is 25.3. The standard InChI is InChI=1S/C29H33N3O3/c1-18(2)31(29(33)28-20(4)15-24(35-7)16-21(28)5)17-27-30-25-14-19(3)8-13-26(25)32(27)22-9-11-23(34-6)12-10-22/h8-16,18H,17H2,1-7H3. The third kappa shape index (κ3) is 4.74. The molecule has 0 radical (unpaired) electrons. The Hall–Kier alpha value is -3.80. The molecule has 6 heteroatoms. The van der Waals surface area contributed by atoms with E-state index in [0.717, 1.165) is 50.7 Å². The van der Waals surface area contributed by atoms with Gasteiger partial charge in [0.25, 0.3) is 5.91 Å². The maximum atomic E-state index is 13.9. The lowest BCUT2D eigenvalue weighted by Crippen LogP contribution is -2.38. The molecule has 4 rings (SSSR count). The van der Waals surface area contributed by atoms with Crippen LogP contribution in [-0.4, -0.2) is 40.6 Å². The molecule has 1 heterocycles. The fourth-order valence-electron chi connectivity index (χ4n) is 4.53. The van der Waals surface area contributed by atoms with Gasteiger partial charge in [-0.1, -0.05) is 6.07 Å². The number of nitrogens with zero attached hydrogens (tertiary/aromatic N) is 3. The number of aryl methyl sites for hydroxylation is 3. The molecule has 3 aromatic carbocycles. The first-order valence-corrected chi connectivity index (χ1v) is 11.8. The van der Waals surface area contributed by atoms with Gasteiger partial charge in [-0.2, -0.15) is 0 Å². The molecule has 0 fully saturated rings. The molecule has 0 spiro atoms. The Kier molecular flexibility index (Phi) is 6.83. The van der Waals surface area contributed by atoms with Crippen LogP contribution in [-0.2, 0) is 6.54 Å². The lowest BCUT2D eigenvalue weighted by Gasteiger charge is -2.28. The van der Waals surface area contributed by atoms with Crippen LogP contribution in [0.3, 0.4) is 0 Å². The largest absolute Gasteiger partial charge is 0.497 e. The number of methoxy groups -OCH3 is 2. The average molecular weight is 472 g/mol. The number of carbonyl (C=O) groups is 1. The molecule has 6 nitrogen and oxygen atoms in total. The highest BCUT2D eigenvalue weighted by Gasteiger charge is 2.25. The Balaban J connectivity index is 1.81. The molecule has 35 heavy (non-hydrogen) atoms. The van der Waals surface area contributed by atoms with Crippen molar-refractivity contribution >= 4 is 16.9 Å². The number of fused-ring (bicyclic) bond motifs is 1. The van der Waals surface area contributed by atoms with Crippen molar-refractivity contribution in [1.82, 2.24) is 14.5 Å². The number of imidazole rings is 1. The lowest BCUT2D eigenvalue weighted by molar-refractivity contribution is 0.0683. The third-order valence-electron chi connectivity index (χ3n) is 6.36. The number of aromatic nitrogens is 2. The molecule has 0 unspecified atom stereocenters. The summed E-state index contributed by atoms with van der Waals surface area (Å²) in [5.41, 5.74) is 6.54. The van der Waals surface area contributed by atoms with Crippen molar-refractivity contribution in [3.8, 4) is 17.2 Å². The number of hydrogen-bond donors (Lipinski definition) is 0. The zero-order valence-electron chi connectivity index (χ0n) is 21.5. The molecule has 0 aliphatic heterocycles. The van der Waals surface area contributed by atoms with E-state index in [1.807, 2.05) is 69.0 Å². The summed E-state index contributed by atoms with van der Waals surface area (Å²) in [5.74, 6) is 2.34. The summed E-state index contributed by atoms with van der Waals surface area (Å²) < 4.78 is 12.9. The molecule has 4 aromatic rings. The van der Waals surface area contributed by atoms with Gasteiger partial charge in [0, 0.05) is 17.3 Å². The summed E-state index contributed by atoms with van der Waals surface area (Å²) in [6, 6.07) is 18.0. The molecule has 0 saturated carbocycles. The Bertz CT molecular complexity index is 1350. The van der Waals surface area contributed by atoms with Gasteiger partial charge >= 0.3 is 0 Å². The highest BCUT2D eigenvalue weighted by molar-refractivity contribution is 5.97. The van der Waals surface area contributed by atoms with Crippen LogP contribution in [0.4, 0.5) is 0 Å². The summed E-state index contributed by atoms with van der Waals surface area (Å²) in [6.45, 7) is 10.4. The van der Waals surface area contributed by atoms with Crippen LogP contribution < -0.4 is 9.47 Å². The van der Waals surface area contributed by atoms with Crippen LogP contribution in [0.5, 0.6) is 11.5 Å². The smallest absolute Gasteiger partial charge is 0.255 e. The van der Waals surface area contributed by atoms with E-state index in [2.05, 4.69) is 29.7 Å². The SMILES string of the molecule is COc1ccc(-n2c(CN(C(=O)c3c(C)cc(OC)cc3C)C(C)C)nc3cc(C)ccc32)cc1. The molecule has 0 saturated heterocycles. The number of rotatable bonds is 7. The summed E-state index contributed by atoms with van der Waals surface area (Å²) in [4.78, 5) is 20.7. The van der Waals surface area contributed by atoms with Crippen molar-refractivity contribution in [3.63, 3.8) is 0 Å². The maximum absolute atomic E-state index is 13.9. The van der Waals surface area contributed by atoms with Gasteiger partial charge in [0.15, 0.2) is 0 Å². The Morgan fingerprint density at radius 3 is 2.11 bits per heavy atom. The minimum Gasteiger partial charge on any atom is -0.497 e. The number of hydrogen-bond acceptors (Lipinski definition) is 4. The maximum Gasteiger partial charge on any atom is 0.255 e. The molecule has 0 bridgehead atoms. The van der Waals surface area contributed by atoms with Crippen molar-refractivity contribution in [2.75, 3.05) is 14.2 Å². The highest BCUT2D eigenvalue weighted by atomic mass is 16.5. The van der Waals surface area contributed by atoms with Gasteiger partial charge in [-0.05, 0) is 99.8 Å². The molecule has 0 aliphatic rings. The molecule has 0 aliphatic carbocycles. The molecular formula is C29H33N3O3. The lowest BCUT2D eigenvalue weighted by atomic mass is 10.0. The fraction of sp³-hybridized carbons (Fsp3) is 0.310. The van der Waals surface area contributed by atoms with E-state index >= 15 is 0 Å². The first-order valence-electron chi connectivity index (χ1n) is 11.8. The minimum absolute atomic E-state index is 0.0119. The monoisotopic (exact) mass is 471 g/mol. The van der Waals surface area contributed by atoms with E-state index in [0.29, 0.717) is 12.1 Å².